The number of hydrogen-bond donors (Lipinski definition) is 1. The number of sulfone groups is 1. The monoisotopic (exact) mass is 347 g/mol. The predicted molar refractivity (Wildman–Crippen MR) is 79.5 cm³/mol. The van der Waals surface area contributed by atoms with E-state index in [1.165, 1.54) is 6.26 Å². The zero-order valence-electron chi connectivity index (χ0n) is 11.1. The first-order valence-corrected chi connectivity index (χ1v) is 9.12. The van der Waals surface area contributed by atoms with Crippen LogP contribution in [0.1, 0.15) is 24.1 Å². The fourth-order valence-electron chi connectivity index (χ4n) is 2.36. The summed E-state index contributed by atoms with van der Waals surface area (Å²) in [5.41, 5.74) is 2.06. The smallest absolute Gasteiger partial charge is 0.149 e. The van der Waals surface area contributed by atoms with Gasteiger partial charge in [-0.15, -0.1) is 0 Å². The third kappa shape index (κ3) is 3.70. The second-order valence-corrected chi connectivity index (χ2v) is 7.88. The molecule has 1 unspecified atom stereocenters. The van der Waals surface area contributed by atoms with Gasteiger partial charge in [0.25, 0.3) is 0 Å². The van der Waals surface area contributed by atoms with Gasteiger partial charge in [-0.05, 0) is 24.2 Å². The van der Waals surface area contributed by atoms with E-state index in [1.807, 2.05) is 19.1 Å². The lowest BCUT2D eigenvalue weighted by atomic mass is 10.0. The Morgan fingerprint density at radius 2 is 2.21 bits per heavy atom. The fourth-order valence-corrected chi connectivity index (χ4v) is 3.79. The Morgan fingerprint density at radius 3 is 2.84 bits per heavy atom. The molecule has 1 aliphatic heterocycles. The number of halogens is 1. The molecule has 0 saturated carbocycles. The van der Waals surface area contributed by atoms with Crippen LogP contribution in [0.15, 0.2) is 16.6 Å². The van der Waals surface area contributed by atoms with Gasteiger partial charge in [0.2, 0.25) is 0 Å². The molecule has 2 rings (SSSR count). The lowest BCUT2D eigenvalue weighted by Gasteiger charge is -2.20. The Kier molecular flexibility index (Phi) is 4.53. The van der Waals surface area contributed by atoms with Gasteiger partial charge < -0.3 is 10.1 Å². The van der Waals surface area contributed by atoms with Crippen LogP contribution in [0.2, 0.25) is 0 Å². The Morgan fingerprint density at radius 1 is 1.47 bits per heavy atom. The van der Waals surface area contributed by atoms with E-state index in [9.17, 15) is 8.42 Å². The Balaban J connectivity index is 2.42. The topological polar surface area (TPSA) is 55.4 Å². The largest absolute Gasteiger partial charge is 0.493 e. The third-order valence-electron chi connectivity index (χ3n) is 3.07. The maximum atomic E-state index is 11.6. The van der Waals surface area contributed by atoms with Crippen LogP contribution in [-0.2, 0) is 16.3 Å². The zero-order chi connectivity index (χ0) is 14.0. The highest BCUT2D eigenvalue weighted by Crippen LogP contribution is 2.36. The molecule has 0 aliphatic carbocycles. The maximum Gasteiger partial charge on any atom is 0.149 e. The Bertz CT molecular complexity index is 571. The number of hydrogen-bond acceptors (Lipinski definition) is 4. The molecule has 1 aromatic carbocycles. The molecular formula is C13H18BrNO3S. The van der Waals surface area contributed by atoms with Gasteiger partial charge >= 0.3 is 0 Å². The first kappa shape index (κ1) is 14.8. The molecule has 106 valence electrons. The molecule has 0 bridgehead atoms. The van der Waals surface area contributed by atoms with Crippen LogP contribution in [0.4, 0.5) is 0 Å². The molecule has 4 nitrogen and oxygen atoms in total. The van der Waals surface area contributed by atoms with E-state index < -0.39 is 9.84 Å². The van der Waals surface area contributed by atoms with Crippen molar-refractivity contribution in [3.63, 3.8) is 0 Å². The van der Waals surface area contributed by atoms with Gasteiger partial charge in [0.05, 0.1) is 12.4 Å². The second-order valence-electron chi connectivity index (χ2n) is 4.78. The summed E-state index contributed by atoms with van der Waals surface area (Å²) in [5.74, 6) is 0.922. The molecule has 0 saturated heterocycles. The number of benzene rings is 1. The Hall–Kier alpha value is -0.590. The van der Waals surface area contributed by atoms with Gasteiger partial charge in [-0.1, -0.05) is 22.9 Å². The van der Waals surface area contributed by atoms with Crippen LogP contribution in [0.25, 0.3) is 0 Å². The first-order chi connectivity index (χ1) is 8.90. The van der Waals surface area contributed by atoms with Gasteiger partial charge in [0.15, 0.2) is 0 Å². The normalized spacial score (nSPS) is 15.9. The van der Waals surface area contributed by atoms with Crippen molar-refractivity contribution in [2.24, 2.45) is 0 Å². The molecule has 0 fully saturated rings. The average Bonchev–Trinajstić information content (AvgIpc) is 2.73. The zero-order valence-corrected chi connectivity index (χ0v) is 13.5. The minimum atomic E-state index is -3.06. The van der Waals surface area contributed by atoms with Crippen LogP contribution < -0.4 is 10.1 Å². The minimum absolute atomic E-state index is 0.0765. The van der Waals surface area contributed by atoms with E-state index in [-0.39, 0.29) is 11.8 Å². The summed E-state index contributed by atoms with van der Waals surface area (Å²) in [6.45, 7) is 3.34. The van der Waals surface area contributed by atoms with Gasteiger partial charge in [-0.25, -0.2) is 8.42 Å². The Labute approximate surface area is 122 Å². The maximum absolute atomic E-state index is 11.6. The first-order valence-electron chi connectivity index (χ1n) is 6.27. The molecule has 0 aromatic heterocycles. The van der Waals surface area contributed by atoms with Gasteiger partial charge in [-0.3, -0.25) is 0 Å². The van der Waals surface area contributed by atoms with Crippen molar-refractivity contribution < 1.29 is 13.2 Å². The lowest BCUT2D eigenvalue weighted by Crippen LogP contribution is -2.28. The lowest BCUT2D eigenvalue weighted by molar-refractivity contribution is 0.349. The predicted octanol–water partition coefficient (Wildman–Crippen LogP) is 2.08. The van der Waals surface area contributed by atoms with E-state index in [1.54, 1.807) is 0 Å². The van der Waals surface area contributed by atoms with E-state index in [0.717, 1.165) is 27.8 Å². The molecule has 0 radical (unpaired) electrons. The molecule has 1 aliphatic rings. The standard InChI is InChI=1S/C13H18BrNO3S/c1-3-15-12(8-19(2,16)17)11-7-10(14)6-9-4-5-18-13(9)11/h6-7,12,15H,3-5,8H2,1-2H3. The second kappa shape index (κ2) is 5.81. The number of ether oxygens (including phenoxy) is 1. The van der Waals surface area contributed by atoms with Crippen LogP contribution in [0.3, 0.4) is 0 Å². The molecule has 19 heavy (non-hydrogen) atoms. The molecule has 1 heterocycles. The van der Waals surface area contributed by atoms with Crippen molar-refractivity contribution in [2.75, 3.05) is 25.2 Å². The fraction of sp³-hybridized carbons (Fsp3) is 0.538. The summed E-state index contributed by atoms with van der Waals surface area (Å²) in [5, 5.41) is 3.23. The molecule has 1 aromatic rings. The van der Waals surface area contributed by atoms with Crippen molar-refractivity contribution in [3.05, 3.63) is 27.7 Å². The van der Waals surface area contributed by atoms with E-state index in [2.05, 4.69) is 21.2 Å². The molecule has 1 N–H and O–H groups in total. The van der Waals surface area contributed by atoms with Crippen LogP contribution in [0.5, 0.6) is 5.75 Å². The van der Waals surface area contributed by atoms with Gasteiger partial charge in [-0.2, -0.15) is 0 Å². The van der Waals surface area contributed by atoms with Gasteiger partial charge in [0, 0.05) is 28.8 Å². The molecule has 0 spiro atoms. The quantitative estimate of drug-likeness (QED) is 0.885. The number of nitrogens with one attached hydrogen (secondary N) is 1. The average molecular weight is 348 g/mol. The van der Waals surface area contributed by atoms with Gasteiger partial charge in [0.1, 0.15) is 15.6 Å². The minimum Gasteiger partial charge on any atom is -0.493 e. The molecule has 1 atom stereocenters. The highest BCUT2D eigenvalue weighted by atomic mass is 79.9. The molecular weight excluding hydrogens is 330 g/mol. The molecule has 6 heteroatoms. The van der Waals surface area contributed by atoms with Crippen molar-refractivity contribution in [1.82, 2.24) is 5.32 Å². The number of rotatable bonds is 5. The summed E-state index contributed by atoms with van der Waals surface area (Å²) in [6, 6.07) is 3.75. The molecule has 0 amide bonds. The van der Waals surface area contributed by atoms with Crippen molar-refractivity contribution >= 4 is 25.8 Å². The van der Waals surface area contributed by atoms with Crippen molar-refractivity contribution in [3.8, 4) is 5.75 Å². The van der Waals surface area contributed by atoms with Crippen LogP contribution in [0, 0.1) is 0 Å². The van der Waals surface area contributed by atoms with E-state index >= 15 is 0 Å². The third-order valence-corrected chi connectivity index (χ3v) is 4.47. The number of fused-ring (bicyclic) bond motifs is 1. The summed E-state index contributed by atoms with van der Waals surface area (Å²) in [6.07, 6.45) is 2.13. The van der Waals surface area contributed by atoms with E-state index in [4.69, 9.17) is 4.74 Å². The summed E-state index contributed by atoms with van der Waals surface area (Å²) in [7, 11) is -3.06. The van der Waals surface area contributed by atoms with Crippen LogP contribution in [-0.4, -0.2) is 33.6 Å². The van der Waals surface area contributed by atoms with E-state index in [0.29, 0.717) is 13.2 Å². The highest BCUT2D eigenvalue weighted by Gasteiger charge is 2.25. The van der Waals surface area contributed by atoms with Crippen molar-refractivity contribution in [2.45, 2.75) is 19.4 Å². The van der Waals surface area contributed by atoms with Crippen molar-refractivity contribution in [1.29, 1.82) is 0 Å². The van der Waals surface area contributed by atoms with Crippen LogP contribution >= 0.6 is 15.9 Å². The highest BCUT2D eigenvalue weighted by molar-refractivity contribution is 9.10. The summed E-state index contributed by atoms with van der Waals surface area (Å²) >= 11 is 3.48. The summed E-state index contributed by atoms with van der Waals surface area (Å²) < 4.78 is 29.8. The summed E-state index contributed by atoms with van der Waals surface area (Å²) in [4.78, 5) is 0. The SMILES string of the molecule is CCNC(CS(C)(=O)=O)c1cc(Br)cc2c1OCC2.